The van der Waals surface area contributed by atoms with Gasteiger partial charge in [0.15, 0.2) is 10.1 Å². The van der Waals surface area contributed by atoms with E-state index in [1.54, 1.807) is 18.2 Å². The van der Waals surface area contributed by atoms with E-state index in [1.165, 1.54) is 36.9 Å². The number of carbonyl (C=O) groups excluding carboxylic acids is 3. The molecule has 0 saturated heterocycles. The van der Waals surface area contributed by atoms with Gasteiger partial charge in [0, 0.05) is 31.6 Å². The minimum Gasteiger partial charge on any atom is -0.360 e. The number of thioether (sulfide) groups is 1. The van der Waals surface area contributed by atoms with Crippen molar-refractivity contribution in [3.63, 3.8) is 0 Å². The van der Waals surface area contributed by atoms with Crippen LogP contribution in [-0.4, -0.2) is 40.1 Å². The van der Waals surface area contributed by atoms with Crippen LogP contribution in [0.5, 0.6) is 0 Å². The van der Waals surface area contributed by atoms with E-state index in [-0.39, 0.29) is 23.4 Å². The van der Waals surface area contributed by atoms with Gasteiger partial charge in [-0.2, -0.15) is 0 Å². The van der Waals surface area contributed by atoms with Crippen LogP contribution in [0, 0.1) is 0 Å². The first-order valence-corrected chi connectivity index (χ1v) is 10.6. The first-order chi connectivity index (χ1) is 13.4. The smallest absolute Gasteiger partial charge is 0.221 e. The summed E-state index contributed by atoms with van der Waals surface area (Å²) in [6.07, 6.45) is 2.15. The Morgan fingerprint density at radius 1 is 1.11 bits per heavy atom. The molecule has 0 atom stereocenters. The molecule has 0 bridgehead atoms. The third-order valence-electron chi connectivity index (χ3n) is 3.49. The summed E-state index contributed by atoms with van der Waals surface area (Å²) < 4.78 is 0.697. The molecule has 1 aromatic heterocycles. The maximum atomic E-state index is 12.7. The predicted octanol–water partition coefficient (Wildman–Crippen LogP) is 3.64. The summed E-state index contributed by atoms with van der Waals surface area (Å²) >= 11 is 2.70. The first kappa shape index (κ1) is 21.8. The molecule has 0 fully saturated rings. The lowest BCUT2D eigenvalue weighted by molar-refractivity contribution is -0.115. The molecule has 1 heterocycles. The second-order valence-electron chi connectivity index (χ2n) is 5.99. The number of aromatic nitrogens is 2. The number of carbonyl (C=O) groups is 3. The first-order valence-electron chi connectivity index (χ1n) is 8.81. The highest BCUT2D eigenvalue weighted by Crippen LogP contribution is 2.28. The van der Waals surface area contributed by atoms with E-state index in [4.69, 9.17) is 0 Å². The fourth-order valence-corrected chi connectivity index (χ4v) is 3.94. The van der Waals surface area contributed by atoms with Crippen LogP contribution in [0.25, 0.3) is 0 Å². The van der Waals surface area contributed by atoms with Crippen LogP contribution >= 0.6 is 23.1 Å². The average molecular weight is 422 g/mol. The van der Waals surface area contributed by atoms with Crippen LogP contribution in [0.15, 0.2) is 22.5 Å². The van der Waals surface area contributed by atoms with Crippen molar-refractivity contribution < 1.29 is 14.4 Å². The Kier molecular flexibility index (Phi) is 8.40. The van der Waals surface area contributed by atoms with Gasteiger partial charge < -0.3 is 16.0 Å². The minimum absolute atomic E-state index is 0.154. The molecule has 0 aliphatic rings. The number of nitrogens with one attached hydrogen (secondary N) is 3. The molecule has 10 heteroatoms. The Hall–Kier alpha value is -2.46. The van der Waals surface area contributed by atoms with Crippen LogP contribution in [0.2, 0.25) is 0 Å². The van der Waals surface area contributed by atoms with Gasteiger partial charge in [0.1, 0.15) is 0 Å². The van der Waals surface area contributed by atoms with Gasteiger partial charge in [-0.3, -0.25) is 14.4 Å². The van der Waals surface area contributed by atoms with Crippen molar-refractivity contribution in [1.82, 2.24) is 10.2 Å². The Morgan fingerprint density at radius 3 is 2.54 bits per heavy atom. The molecule has 150 valence electrons. The molecule has 3 N–H and O–H groups in total. The molecule has 0 radical (unpaired) electrons. The van der Waals surface area contributed by atoms with E-state index < -0.39 is 0 Å². The van der Waals surface area contributed by atoms with Crippen LogP contribution in [0.3, 0.4) is 0 Å². The number of anilines is 3. The van der Waals surface area contributed by atoms with Gasteiger partial charge in [-0.15, -0.1) is 10.2 Å². The summed E-state index contributed by atoms with van der Waals surface area (Å²) in [7, 11) is 0. The van der Waals surface area contributed by atoms with Gasteiger partial charge in [0.2, 0.25) is 16.9 Å². The second-order valence-corrected chi connectivity index (χ2v) is 8.19. The van der Waals surface area contributed by atoms with Crippen molar-refractivity contribution in [1.29, 1.82) is 0 Å². The zero-order chi connectivity index (χ0) is 20.5. The van der Waals surface area contributed by atoms with E-state index >= 15 is 0 Å². The number of Topliss-reactive ketones (excluding diaryl/α,β-unsaturated/α-hetero) is 1. The molecule has 0 aliphatic carbocycles. The molecule has 2 aromatic rings. The molecule has 0 unspecified atom stereocenters. The van der Waals surface area contributed by atoms with E-state index in [0.29, 0.717) is 21.3 Å². The number of nitrogens with zero attached hydrogens (tertiary/aromatic N) is 2. The number of hydrogen-bond donors (Lipinski definition) is 3. The summed E-state index contributed by atoms with van der Waals surface area (Å²) in [5, 5.41) is 17.4. The Balaban J connectivity index is 2.04. The fourth-order valence-electron chi connectivity index (χ4n) is 2.28. The highest BCUT2D eigenvalue weighted by atomic mass is 32.2. The Labute approximate surface area is 171 Å². The third-order valence-corrected chi connectivity index (χ3v) is 5.51. The van der Waals surface area contributed by atoms with E-state index in [0.717, 1.165) is 24.5 Å². The van der Waals surface area contributed by atoms with Gasteiger partial charge in [0.05, 0.1) is 11.4 Å². The van der Waals surface area contributed by atoms with Crippen LogP contribution in [-0.2, 0) is 9.59 Å². The van der Waals surface area contributed by atoms with Gasteiger partial charge >= 0.3 is 0 Å². The second kappa shape index (κ2) is 10.8. The molecule has 0 spiro atoms. The lowest BCUT2D eigenvalue weighted by atomic mass is 10.1. The van der Waals surface area contributed by atoms with Gasteiger partial charge in [-0.05, 0) is 24.6 Å². The average Bonchev–Trinajstić information content (AvgIpc) is 3.07. The molecule has 2 amide bonds. The SMILES string of the molecule is CCCCNc1nnc(SCC(=O)c2ccc(NC(C)=O)cc2NC(C)=O)s1. The van der Waals surface area contributed by atoms with E-state index in [9.17, 15) is 14.4 Å². The van der Waals surface area contributed by atoms with Crippen molar-refractivity contribution >= 4 is 57.2 Å². The zero-order valence-corrected chi connectivity index (χ0v) is 17.6. The topological polar surface area (TPSA) is 113 Å². The highest BCUT2D eigenvalue weighted by Gasteiger charge is 2.15. The molecule has 28 heavy (non-hydrogen) atoms. The van der Waals surface area contributed by atoms with Crippen LogP contribution in [0.4, 0.5) is 16.5 Å². The summed E-state index contributed by atoms with van der Waals surface area (Å²) in [5.74, 6) is -0.522. The zero-order valence-electron chi connectivity index (χ0n) is 16.0. The quantitative estimate of drug-likeness (QED) is 0.305. The lowest BCUT2D eigenvalue weighted by Gasteiger charge is -2.11. The molecule has 1 aromatic carbocycles. The van der Waals surface area contributed by atoms with Gasteiger partial charge in [-0.25, -0.2) is 0 Å². The summed E-state index contributed by atoms with van der Waals surface area (Å²) in [5.41, 5.74) is 1.25. The minimum atomic E-state index is -0.298. The standard InChI is InChI=1S/C18H23N5O3S2/c1-4-5-8-19-17-22-23-18(28-17)27-10-16(26)14-7-6-13(20-11(2)24)9-15(14)21-12(3)25/h6-7,9H,4-5,8,10H2,1-3H3,(H,19,22)(H,20,24)(H,21,25). The maximum absolute atomic E-state index is 12.7. The Bertz CT molecular complexity index is 853. The number of rotatable bonds is 10. The maximum Gasteiger partial charge on any atom is 0.221 e. The van der Waals surface area contributed by atoms with Crippen molar-refractivity contribution in [3.8, 4) is 0 Å². The van der Waals surface area contributed by atoms with Crippen LogP contribution in [0.1, 0.15) is 44.0 Å². The normalized spacial score (nSPS) is 10.4. The lowest BCUT2D eigenvalue weighted by Crippen LogP contribution is -2.13. The third kappa shape index (κ3) is 6.93. The number of unbranched alkanes of at least 4 members (excludes halogenated alkanes) is 1. The molecule has 2 rings (SSSR count). The molecule has 0 aliphatic heterocycles. The van der Waals surface area contributed by atoms with Gasteiger partial charge in [0.25, 0.3) is 0 Å². The summed E-state index contributed by atoms with van der Waals surface area (Å²) in [6, 6.07) is 4.80. The highest BCUT2D eigenvalue weighted by molar-refractivity contribution is 8.01. The molecule has 8 nitrogen and oxygen atoms in total. The number of benzene rings is 1. The largest absolute Gasteiger partial charge is 0.360 e. The molecular formula is C18H23N5O3S2. The van der Waals surface area contributed by atoms with Crippen LogP contribution < -0.4 is 16.0 Å². The number of amides is 2. The predicted molar refractivity (Wildman–Crippen MR) is 113 cm³/mol. The summed E-state index contributed by atoms with van der Waals surface area (Å²) in [6.45, 7) is 5.71. The van der Waals surface area contributed by atoms with Gasteiger partial charge in [-0.1, -0.05) is 36.4 Å². The van der Waals surface area contributed by atoms with E-state index in [2.05, 4.69) is 33.1 Å². The van der Waals surface area contributed by atoms with Crippen molar-refractivity contribution in [2.75, 3.05) is 28.2 Å². The van der Waals surface area contributed by atoms with E-state index in [1.807, 2.05) is 0 Å². The summed E-state index contributed by atoms with van der Waals surface area (Å²) in [4.78, 5) is 35.4. The van der Waals surface area contributed by atoms with Crippen molar-refractivity contribution in [2.45, 2.75) is 38.0 Å². The van der Waals surface area contributed by atoms with Crippen molar-refractivity contribution in [2.24, 2.45) is 0 Å². The number of ketones is 1. The molecular weight excluding hydrogens is 398 g/mol. The van der Waals surface area contributed by atoms with Crippen molar-refractivity contribution in [3.05, 3.63) is 23.8 Å². The monoisotopic (exact) mass is 421 g/mol. The Morgan fingerprint density at radius 2 is 1.86 bits per heavy atom. The molecule has 0 saturated carbocycles. The number of hydrogen-bond acceptors (Lipinski definition) is 8. The fraction of sp³-hybridized carbons (Fsp3) is 0.389.